The first kappa shape index (κ1) is 23.4. The predicted molar refractivity (Wildman–Crippen MR) is 141 cm³/mol. The van der Waals surface area contributed by atoms with Gasteiger partial charge in [-0.1, -0.05) is 18.2 Å². The molecule has 188 valence electrons. The number of aliphatic imine (C=N–C) groups is 1. The van der Waals surface area contributed by atoms with Gasteiger partial charge in [-0.05, 0) is 43.7 Å². The molecule has 1 aromatic heterocycles. The number of ether oxygens (including phenoxy) is 1. The van der Waals surface area contributed by atoms with Gasteiger partial charge < -0.3 is 19.9 Å². The normalized spacial score (nSPS) is 30.2. The van der Waals surface area contributed by atoms with E-state index in [-0.39, 0.29) is 24.2 Å². The van der Waals surface area contributed by atoms with Crippen molar-refractivity contribution in [2.45, 2.75) is 38.1 Å². The van der Waals surface area contributed by atoms with Crippen molar-refractivity contribution in [3.63, 3.8) is 0 Å². The van der Waals surface area contributed by atoms with Crippen molar-refractivity contribution >= 4 is 12.0 Å². The summed E-state index contributed by atoms with van der Waals surface area (Å²) in [6.07, 6.45) is 11.4. The lowest BCUT2D eigenvalue weighted by atomic mass is 9.86. The van der Waals surface area contributed by atoms with Crippen LogP contribution in [0.15, 0.2) is 52.7 Å². The second-order valence-electron chi connectivity index (χ2n) is 10.4. The average molecular weight is 486 g/mol. The van der Waals surface area contributed by atoms with Gasteiger partial charge in [-0.15, -0.1) is 0 Å². The fraction of sp³-hybridized carbons (Fsp3) is 0.536. The van der Waals surface area contributed by atoms with Gasteiger partial charge in [-0.25, -0.2) is 4.98 Å². The number of nitriles is 1. The number of aromatic nitrogens is 1. The largest absolute Gasteiger partial charge is 0.370 e. The van der Waals surface area contributed by atoms with E-state index in [1.54, 1.807) is 0 Å². The van der Waals surface area contributed by atoms with Crippen LogP contribution >= 0.6 is 0 Å². The molecule has 36 heavy (non-hydrogen) atoms. The first-order valence-electron chi connectivity index (χ1n) is 13.3. The number of rotatable bonds is 4. The fourth-order valence-corrected chi connectivity index (χ4v) is 6.08. The van der Waals surface area contributed by atoms with Crippen LogP contribution in [0.4, 0.5) is 5.82 Å². The molecule has 1 N–H and O–H groups in total. The van der Waals surface area contributed by atoms with Gasteiger partial charge in [-0.3, -0.25) is 9.89 Å². The molecular formula is C28H35N7O. The second-order valence-corrected chi connectivity index (χ2v) is 10.4. The summed E-state index contributed by atoms with van der Waals surface area (Å²) in [5.41, 5.74) is 4.94. The van der Waals surface area contributed by atoms with Gasteiger partial charge in [0.25, 0.3) is 0 Å². The number of hydrogen-bond donors (Lipinski definition) is 1. The summed E-state index contributed by atoms with van der Waals surface area (Å²) < 4.78 is 6.40. The van der Waals surface area contributed by atoms with Crippen molar-refractivity contribution in [2.75, 3.05) is 57.3 Å². The van der Waals surface area contributed by atoms with Crippen LogP contribution < -0.4 is 10.2 Å². The molecule has 2 fully saturated rings. The number of nitrogens with one attached hydrogen (secondary N) is 1. The van der Waals surface area contributed by atoms with E-state index in [9.17, 15) is 5.26 Å². The van der Waals surface area contributed by atoms with E-state index < -0.39 is 0 Å². The minimum absolute atomic E-state index is 0.0994. The minimum atomic E-state index is -0.198. The molecule has 2 unspecified atom stereocenters. The third-order valence-corrected chi connectivity index (χ3v) is 7.92. The lowest BCUT2D eigenvalue weighted by molar-refractivity contribution is -0.0782. The van der Waals surface area contributed by atoms with E-state index in [2.05, 4.69) is 62.3 Å². The van der Waals surface area contributed by atoms with E-state index in [0.717, 1.165) is 76.7 Å². The Morgan fingerprint density at radius 3 is 2.89 bits per heavy atom. The molecule has 0 bridgehead atoms. The van der Waals surface area contributed by atoms with E-state index in [4.69, 9.17) is 9.72 Å². The highest BCUT2D eigenvalue weighted by atomic mass is 16.5. The number of pyridine rings is 1. The Labute approximate surface area is 213 Å². The molecule has 5 aliphatic rings. The summed E-state index contributed by atoms with van der Waals surface area (Å²) in [5, 5.41) is 13.0. The lowest BCUT2D eigenvalue weighted by Gasteiger charge is -2.43. The smallest absolute Gasteiger partial charge is 0.128 e. The molecule has 8 nitrogen and oxygen atoms in total. The molecule has 0 radical (unpaired) electrons. The third-order valence-electron chi connectivity index (χ3n) is 7.92. The summed E-state index contributed by atoms with van der Waals surface area (Å²) >= 11 is 0. The zero-order valence-electron chi connectivity index (χ0n) is 21.0. The summed E-state index contributed by atoms with van der Waals surface area (Å²) in [4.78, 5) is 17.0. The standard InChI is InChI=1S/C28H35N7O/c1-20-17-35(26-6-4-22(15-29)28-24(26)3-2-9-31-28)19-23(36-20)18-33-11-13-34(14-12-33)27-7-5-21-8-10-30-16-25(21)32-27/h2-7,9,20,22-23,28,30H,8,10-14,16-19H2,1H3/t20-,22?,23+,28?/m1/s1. The Morgan fingerprint density at radius 1 is 1.14 bits per heavy atom. The summed E-state index contributed by atoms with van der Waals surface area (Å²) in [7, 11) is 0. The van der Waals surface area contributed by atoms with E-state index in [0.29, 0.717) is 0 Å². The first-order valence-corrected chi connectivity index (χ1v) is 13.3. The predicted octanol–water partition coefficient (Wildman–Crippen LogP) is 1.91. The molecule has 8 heteroatoms. The SMILES string of the molecule is C[C@@H]1CN(C2=C3C=CC=NC3C(C#N)C=C2)C[C@H](CN2CCN(c3ccc4c(n3)CNCC4)CC2)O1. The van der Waals surface area contributed by atoms with Gasteiger partial charge in [0, 0.05) is 69.8 Å². The minimum Gasteiger partial charge on any atom is -0.370 e. The Balaban J connectivity index is 1.08. The molecule has 0 saturated carbocycles. The van der Waals surface area contributed by atoms with Gasteiger partial charge in [0.15, 0.2) is 0 Å². The molecule has 4 aliphatic heterocycles. The number of morpholine rings is 1. The molecule has 6 rings (SSSR count). The number of dihydropyridines is 1. The quantitative estimate of drug-likeness (QED) is 0.698. The number of allylic oxidation sites excluding steroid dienone is 2. The number of piperazine rings is 1. The lowest BCUT2D eigenvalue weighted by Crippen LogP contribution is -2.54. The Bertz CT molecular complexity index is 1140. The van der Waals surface area contributed by atoms with Crippen molar-refractivity contribution in [1.82, 2.24) is 20.1 Å². The molecule has 1 aromatic rings. The van der Waals surface area contributed by atoms with Crippen LogP contribution in [0.3, 0.4) is 0 Å². The Hall–Kier alpha value is -2.99. The average Bonchev–Trinajstić information content (AvgIpc) is 2.92. The molecule has 1 aliphatic carbocycles. The summed E-state index contributed by atoms with van der Waals surface area (Å²) in [6.45, 7) is 10.7. The number of anilines is 1. The van der Waals surface area contributed by atoms with E-state index >= 15 is 0 Å². The molecule has 2 saturated heterocycles. The maximum absolute atomic E-state index is 9.57. The van der Waals surface area contributed by atoms with Crippen LogP contribution in [-0.2, 0) is 17.7 Å². The Kier molecular flexibility index (Phi) is 6.61. The topological polar surface area (TPSA) is 80.0 Å². The highest BCUT2D eigenvalue weighted by Gasteiger charge is 2.34. The van der Waals surface area contributed by atoms with Crippen LogP contribution in [0.25, 0.3) is 0 Å². The number of fused-ring (bicyclic) bond motifs is 2. The molecule has 4 atom stereocenters. The van der Waals surface area contributed by atoms with Gasteiger partial charge >= 0.3 is 0 Å². The van der Waals surface area contributed by atoms with Crippen LogP contribution in [0.2, 0.25) is 0 Å². The van der Waals surface area contributed by atoms with Crippen LogP contribution in [-0.4, -0.2) is 91.6 Å². The highest BCUT2D eigenvalue weighted by Crippen LogP contribution is 2.32. The first-order chi connectivity index (χ1) is 17.7. The zero-order chi connectivity index (χ0) is 24.5. The highest BCUT2D eigenvalue weighted by molar-refractivity contribution is 5.75. The summed E-state index contributed by atoms with van der Waals surface area (Å²) in [6, 6.07) is 6.76. The van der Waals surface area contributed by atoms with E-state index in [1.807, 2.05) is 18.4 Å². The number of nitrogens with zero attached hydrogens (tertiary/aromatic N) is 6. The molecule has 5 heterocycles. The van der Waals surface area contributed by atoms with Gasteiger partial charge in [0.2, 0.25) is 0 Å². The molecule has 0 spiro atoms. The van der Waals surface area contributed by atoms with Crippen LogP contribution in [0.1, 0.15) is 18.2 Å². The molecular weight excluding hydrogens is 450 g/mol. The number of hydrogen-bond acceptors (Lipinski definition) is 8. The third kappa shape index (κ3) is 4.71. The maximum atomic E-state index is 9.57. The van der Waals surface area contributed by atoms with Crippen molar-refractivity contribution in [2.24, 2.45) is 10.9 Å². The zero-order valence-corrected chi connectivity index (χ0v) is 21.0. The van der Waals surface area contributed by atoms with Crippen molar-refractivity contribution < 1.29 is 4.74 Å². The van der Waals surface area contributed by atoms with Gasteiger partial charge in [0.05, 0.1) is 35.9 Å². The van der Waals surface area contributed by atoms with Crippen molar-refractivity contribution in [3.05, 3.63) is 59.0 Å². The van der Waals surface area contributed by atoms with Crippen molar-refractivity contribution in [1.29, 1.82) is 5.26 Å². The van der Waals surface area contributed by atoms with E-state index in [1.165, 1.54) is 17.0 Å². The van der Waals surface area contributed by atoms with Crippen LogP contribution in [0, 0.1) is 17.2 Å². The summed E-state index contributed by atoms with van der Waals surface area (Å²) in [5.74, 6) is 0.910. The maximum Gasteiger partial charge on any atom is 0.128 e. The Morgan fingerprint density at radius 2 is 2.03 bits per heavy atom. The van der Waals surface area contributed by atoms with Crippen LogP contribution in [0.5, 0.6) is 0 Å². The monoisotopic (exact) mass is 485 g/mol. The molecule has 0 aromatic carbocycles. The van der Waals surface area contributed by atoms with Gasteiger partial charge in [-0.2, -0.15) is 5.26 Å². The molecule has 0 amide bonds. The fourth-order valence-electron chi connectivity index (χ4n) is 6.08. The second kappa shape index (κ2) is 10.2. The van der Waals surface area contributed by atoms with Gasteiger partial charge in [0.1, 0.15) is 5.82 Å². The van der Waals surface area contributed by atoms with Crippen molar-refractivity contribution in [3.8, 4) is 6.07 Å².